The minimum atomic E-state index is -4.30. The Morgan fingerprint density at radius 3 is 2.54 bits per heavy atom. The van der Waals surface area contributed by atoms with E-state index in [1.54, 1.807) is 0 Å². The monoisotopic (exact) mass is 374 g/mol. The summed E-state index contributed by atoms with van der Waals surface area (Å²) in [4.78, 5) is 12.3. The molecule has 3 aliphatic carbocycles. The largest absolute Gasteiger partial charge is 0.744 e. The number of carbonyl (C=O) groups excluding carboxylic acids is 1. The van der Waals surface area contributed by atoms with E-state index in [9.17, 15) is 17.8 Å². The van der Waals surface area contributed by atoms with E-state index in [0.717, 1.165) is 38.0 Å². The number of fused-ring (bicyclic) bond motifs is 2. The Hall–Kier alpha value is -0.0700. The van der Waals surface area contributed by atoms with E-state index in [1.165, 1.54) is 19.3 Å². The van der Waals surface area contributed by atoms with Crippen LogP contribution in [0.25, 0.3) is 0 Å². The molecule has 0 aromatic heterocycles. The fourth-order valence-corrected chi connectivity index (χ4v) is 11.0. The van der Waals surface area contributed by atoms with E-state index in [-0.39, 0.29) is 5.92 Å². The zero-order valence-electron chi connectivity index (χ0n) is 14.6. The molecule has 0 aromatic rings. The van der Waals surface area contributed by atoms with Crippen LogP contribution >= 0.6 is 0 Å². The second kappa shape index (κ2) is 7.67. The van der Waals surface area contributed by atoms with Crippen LogP contribution in [0.15, 0.2) is 0 Å². The smallest absolute Gasteiger partial charge is 0.205 e. The molecule has 0 heterocycles. The third-order valence-corrected chi connectivity index (χ3v) is 11.7. The van der Waals surface area contributed by atoms with Gasteiger partial charge in [0.2, 0.25) is 4.58 Å². The topological polar surface area (TPSA) is 74.3 Å². The molecular formula is C18H30O4S2. The van der Waals surface area contributed by atoms with E-state index in [0.29, 0.717) is 35.5 Å². The summed E-state index contributed by atoms with van der Waals surface area (Å²) in [6, 6.07) is 0. The van der Waals surface area contributed by atoms with Crippen molar-refractivity contribution in [1.82, 2.24) is 0 Å². The predicted molar refractivity (Wildman–Crippen MR) is 96.8 cm³/mol. The van der Waals surface area contributed by atoms with Gasteiger partial charge in [-0.15, -0.1) is 0 Å². The maximum Gasteiger partial charge on any atom is 0.205 e. The van der Waals surface area contributed by atoms with Crippen LogP contribution in [0.3, 0.4) is 0 Å². The summed E-state index contributed by atoms with van der Waals surface area (Å²) in [5, 5.41) is 0.374. The van der Waals surface area contributed by atoms with Gasteiger partial charge in [-0.2, -0.15) is 0 Å². The number of hydrogen-bond acceptors (Lipinski definition) is 4. The minimum absolute atomic E-state index is 0.00214. The molecule has 138 valence electrons. The molecule has 24 heavy (non-hydrogen) atoms. The van der Waals surface area contributed by atoms with Gasteiger partial charge in [-0.25, -0.2) is 8.42 Å². The number of hydrogen-bond donors (Lipinski definition) is 0. The summed E-state index contributed by atoms with van der Waals surface area (Å²) in [6.45, 7) is 1.95. The molecule has 6 atom stereocenters. The van der Waals surface area contributed by atoms with Gasteiger partial charge in [-0.3, -0.25) is 4.79 Å². The molecule has 0 aliphatic heterocycles. The molecule has 3 saturated carbocycles. The standard InChI is InChI=1S/C18H30O4S2/c1-2-5-18(24(20,21)22)23(12-15-6-3-4-7-16(15)19)17-11-13-8-9-14(17)10-13/h13-15,17-18H,2-12H2,1H3. The SMILES string of the molecule is CCCC([S+](CC1CCCCC1=O)C1CC2CCC1C2)S(=O)(=O)[O-]. The first-order valence-corrected chi connectivity index (χ1v) is 12.5. The molecule has 0 radical (unpaired) electrons. The molecule has 0 saturated heterocycles. The summed E-state index contributed by atoms with van der Waals surface area (Å²) < 4.78 is 35.3. The van der Waals surface area contributed by atoms with E-state index in [1.807, 2.05) is 6.92 Å². The lowest BCUT2D eigenvalue weighted by Gasteiger charge is -2.32. The fourth-order valence-electron chi connectivity index (χ4n) is 5.13. The van der Waals surface area contributed by atoms with Gasteiger partial charge in [-0.1, -0.05) is 19.8 Å². The maximum atomic E-state index is 12.3. The van der Waals surface area contributed by atoms with Crippen LogP contribution in [0, 0.1) is 17.8 Å². The van der Waals surface area contributed by atoms with E-state index in [2.05, 4.69) is 0 Å². The van der Waals surface area contributed by atoms with Gasteiger partial charge in [0.15, 0.2) is 0 Å². The maximum absolute atomic E-state index is 12.3. The lowest BCUT2D eigenvalue weighted by atomic mass is 9.89. The summed E-state index contributed by atoms with van der Waals surface area (Å²) in [5.74, 6) is 2.30. The molecule has 0 amide bonds. The highest BCUT2D eigenvalue weighted by Gasteiger charge is 2.53. The molecule has 0 spiro atoms. The average Bonchev–Trinajstić information content (AvgIpc) is 3.14. The first-order valence-electron chi connectivity index (χ1n) is 9.56. The Kier molecular flexibility index (Phi) is 5.98. The highest BCUT2D eigenvalue weighted by Crippen LogP contribution is 2.50. The van der Waals surface area contributed by atoms with Gasteiger partial charge < -0.3 is 4.55 Å². The highest BCUT2D eigenvalue weighted by molar-refractivity contribution is 8.10. The van der Waals surface area contributed by atoms with Crippen LogP contribution in [0.4, 0.5) is 0 Å². The van der Waals surface area contributed by atoms with Crippen molar-refractivity contribution in [3.05, 3.63) is 0 Å². The Morgan fingerprint density at radius 1 is 1.21 bits per heavy atom. The van der Waals surface area contributed by atoms with Crippen molar-refractivity contribution < 1.29 is 17.8 Å². The lowest BCUT2D eigenvalue weighted by molar-refractivity contribution is -0.123. The van der Waals surface area contributed by atoms with Crippen molar-refractivity contribution in [2.45, 2.75) is 81.0 Å². The number of rotatable bonds is 7. The first kappa shape index (κ1) is 18.7. The van der Waals surface area contributed by atoms with Gasteiger partial charge in [0.1, 0.15) is 26.9 Å². The molecule has 3 rings (SSSR count). The zero-order chi connectivity index (χ0) is 17.3. The van der Waals surface area contributed by atoms with Crippen LogP contribution in [0.5, 0.6) is 0 Å². The van der Waals surface area contributed by atoms with Gasteiger partial charge in [0.05, 0.1) is 5.92 Å². The quantitative estimate of drug-likeness (QED) is 0.506. The van der Waals surface area contributed by atoms with Crippen LogP contribution in [-0.4, -0.2) is 34.3 Å². The Balaban J connectivity index is 1.83. The van der Waals surface area contributed by atoms with E-state index in [4.69, 9.17) is 0 Å². The highest BCUT2D eigenvalue weighted by atomic mass is 32.3. The van der Waals surface area contributed by atoms with Crippen molar-refractivity contribution in [2.75, 3.05) is 5.75 Å². The van der Waals surface area contributed by atoms with Crippen LogP contribution in [0.2, 0.25) is 0 Å². The molecular weight excluding hydrogens is 344 g/mol. The summed E-state index contributed by atoms with van der Waals surface area (Å²) in [7, 11) is -4.74. The second-order valence-corrected chi connectivity index (χ2v) is 12.3. The number of Topliss-reactive ketones (excluding diaryl/α,β-unsaturated/α-hetero) is 1. The van der Waals surface area contributed by atoms with Gasteiger partial charge in [-0.05, 0) is 44.4 Å². The molecule has 3 fully saturated rings. The van der Waals surface area contributed by atoms with Gasteiger partial charge >= 0.3 is 0 Å². The van der Waals surface area contributed by atoms with Crippen LogP contribution in [0.1, 0.15) is 71.1 Å². The Morgan fingerprint density at radius 2 is 2.00 bits per heavy atom. The normalized spacial score (nSPS) is 36.0. The summed E-state index contributed by atoms with van der Waals surface area (Å²) >= 11 is 0. The number of carbonyl (C=O) groups is 1. The first-order chi connectivity index (χ1) is 11.4. The van der Waals surface area contributed by atoms with Crippen LogP contribution < -0.4 is 0 Å². The Labute approximate surface area is 149 Å². The average molecular weight is 375 g/mol. The van der Waals surface area contributed by atoms with Crippen molar-refractivity contribution in [1.29, 1.82) is 0 Å². The van der Waals surface area contributed by atoms with E-state index < -0.39 is 25.6 Å². The fraction of sp³-hybridized carbons (Fsp3) is 0.944. The molecule has 2 bridgehead atoms. The summed E-state index contributed by atoms with van der Waals surface area (Å²) in [6.07, 6.45) is 9.50. The molecule has 6 heteroatoms. The third-order valence-electron chi connectivity index (χ3n) is 6.32. The Bertz CT molecular complexity index is 559. The third kappa shape index (κ3) is 4.01. The second-order valence-electron chi connectivity index (χ2n) is 7.97. The minimum Gasteiger partial charge on any atom is -0.744 e. The molecule has 0 N–H and O–H groups in total. The van der Waals surface area contributed by atoms with Crippen molar-refractivity contribution >= 4 is 26.8 Å². The van der Waals surface area contributed by atoms with Gasteiger partial charge in [0.25, 0.3) is 0 Å². The molecule has 6 unspecified atom stereocenters. The summed E-state index contributed by atoms with van der Waals surface area (Å²) in [5.41, 5.74) is 0. The van der Waals surface area contributed by atoms with Gasteiger partial charge in [0, 0.05) is 29.7 Å². The van der Waals surface area contributed by atoms with Crippen molar-refractivity contribution in [3.63, 3.8) is 0 Å². The molecule has 3 aliphatic rings. The lowest BCUT2D eigenvalue weighted by Crippen LogP contribution is -2.45. The molecule has 0 aromatic carbocycles. The van der Waals surface area contributed by atoms with Crippen LogP contribution in [-0.2, 0) is 25.8 Å². The number of ketones is 1. The van der Waals surface area contributed by atoms with Crippen molar-refractivity contribution in [2.24, 2.45) is 17.8 Å². The zero-order valence-corrected chi connectivity index (χ0v) is 16.2. The predicted octanol–water partition coefficient (Wildman–Crippen LogP) is 3.22. The van der Waals surface area contributed by atoms with Crippen molar-refractivity contribution in [3.8, 4) is 0 Å². The van der Waals surface area contributed by atoms with E-state index >= 15 is 0 Å². The molecule has 4 nitrogen and oxygen atoms in total.